The van der Waals surface area contributed by atoms with E-state index in [2.05, 4.69) is 41.5 Å². The van der Waals surface area contributed by atoms with Gasteiger partial charge in [0.25, 0.3) is 0 Å². The molecule has 1 aliphatic carbocycles. The van der Waals surface area contributed by atoms with E-state index in [4.69, 9.17) is 10.7 Å². The number of hydrogen-bond acceptors (Lipinski definition) is 5. The molecule has 3 heterocycles. The number of ketones is 1. The normalized spacial score (nSPS) is 17.5. The zero-order chi connectivity index (χ0) is 21.1. The molecular weight excluding hydrogens is 396 g/mol. The van der Waals surface area contributed by atoms with Crippen molar-refractivity contribution in [3.05, 3.63) is 44.1 Å². The van der Waals surface area contributed by atoms with Gasteiger partial charge in [-0.2, -0.15) is 0 Å². The molecule has 3 aromatic heterocycles. The molecule has 154 valence electrons. The van der Waals surface area contributed by atoms with Gasteiger partial charge in [0.2, 0.25) is 5.78 Å². The maximum Gasteiger partial charge on any atom is 0.215 e. The number of nitrogen functional groups attached to an aromatic ring is 1. The first-order valence-electron chi connectivity index (χ1n) is 10.3. The Balaban J connectivity index is 1.96. The Bertz CT molecular complexity index is 1080. The number of carbonyl (C=O) groups excluding carboxylic acids is 1. The van der Waals surface area contributed by atoms with Crippen molar-refractivity contribution in [3.63, 3.8) is 0 Å². The largest absolute Gasteiger partial charge is 0.397 e. The van der Waals surface area contributed by atoms with Crippen molar-refractivity contribution in [3.8, 4) is 0 Å². The van der Waals surface area contributed by atoms with Gasteiger partial charge in [-0.25, -0.2) is 4.98 Å². The number of nitrogens with two attached hydrogens (primary N) is 1. The lowest BCUT2D eigenvalue weighted by molar-refractivity contribution is 0.104. The second-order valence-electron chi connectivity index (χ2n) is 10.3. The third-order valence-electron chi connectivity index (χ3n) is 6.17. The summed E-state index contributed by atoms with van der Waals surface area (Å²) < 4.78 is 0. The van der Waals surface area contributed by atoms with Crippen LogP contribution in [0, 0.1) is 11.3 Å². The number of rotatable bonds is 2. The molecular formula is C24H30N2OS2. The van der Waals surface area contributed by atoms with Crippen molar-refractivity contribution in [1.29, 1.82) is 0 Å². The lowest BCUT2D eigenvalue weighted by Gasteiger charge is -2.37. The van der Waals surface area contributed by atoms with Gasteiger partial charge in [-0.1, -0.05) is 47.6 Å². The Morgan fingerprint density at radius 1 is 1.21 bits per heavy atom. The van der Waals surface area contributed by atoms with Crippen LogP contribution in [0.25, 0.3) is 10.2 Å². The number of thiophene rings is 2. The summed E-state index contributed by atoms with van der Waals surface area (Å²) in [5.41, 5.74) is 11.3. The first kappa shape index (κ1) is 20.5. The van der Waals surface area contributed by atoms with E-state index in [1.54, 1.807) is 0 Å². The Morgan fingerprint density at radius 3 is 2.52 bits per heavy atom. The highest BCUT2D eigenvalue weighted by atomic mass is 32.1. The Labute approximate surface area is 181 Å². The first-order valence-corrected chi connectivity index (χ1v) is 12.0. The van der Waals surface area contributed by atoms with Crippen LogP contribution in [-0.2, 0) is 18.3 Å². The van der Waals surface area contributed by atoms with Gasteiger partial charge >= 0.3 is 0 Å². The molecule has 0 spiro atoms. The fourth-order valence-electron chi connectivity index (χ4n) is 4.58. The predicted molar refractivity (Wildman–Crippen MR) is 125 cm³/mol. The molecule has 29 heavy (non-hydrogen) atoms. The second-order valence-corrected chi connectivity index (χ2v) is 12.2. The summed E-state index contributed by atoms with van der Waals surface area (Å²) in [4.78, 5) is 20.4. The molecule has 0 fully saturated rings. The quantitative estimate of drug-likeness (QED) is 0.468. The summed E-state index contributed by atoms with van der Waals surface area (Å²) in [6.45, 7) is 13.8. The van der Waals surface area contributed by atoms with Gasteiger partial charge < -0.3 is 5.73 Å². The minimum absolute atomic E-state index is 0.0194. The summed E-state index contributed by atoms with van der Waals surface area (Å²) in [7, 11) is 0. The smallest absolute Gasteiger partial charge is 0.215 e. The molecule has 0 radical (unpaired) electrons. The monoisotopic (exact) mass is 426 g/mol. The molecule has 3 nitrogen and oxygen atoms in total. The molecule has 2 N–H and O–H groups in total. The minimum atomic E-state index is -0.0660. The average molecular weight is 427 g/mol. The van der Waals surface area contributed by atoms with E-state index in [-0.39, 0.29) is 16.6 Å². The molecule has 1 atom stereocenters. The summed E-state index contributed by atoms with van der Waals surface area (Å²) >= 11 is 2.92. The molecule has 0 aliphatic heterocycles. The van der Waals surface area contributed by atoms with E-state index >= 15 is 0 Å². The van der Waals surface area contributed by atoms with Gasteiger partial charge in [0, 0.05) is 11.1 Å². The number of aryl methyl sites for hydroxylation is 1. The lowest BCUT2D eigenvalue weighted by Crippen LogP contribution is -2.30. The van der Waals surface area contributed by atoms with Crippen LogP contribution in [0.4, 0.5) is 5.69 Å². The van der Waals surface area contributed by atoms with E-state index in [0.29, 0.717) is 16.5 Å². The highest BCUT2D eigenvalue weighted by Gasteiger charge is 2.35. The Hall–Kier alpha value is -1.72. The molecule has 4 rings (SSSR count). The fraction of sp³-hybridized carbons (Fsp3) is 0.500. The number of carbonyl (C=O) groups is 1. The summed E-state index contributed by atoms with van der Waals surface area (Å²) in [5.74, 6) is 0.647. The maximum absolute atomic E-state index is 13.1. The van der Waals surface area contributed by atoms with Crippen molar-refractivity contribution >= 4 is 44.4 Å². The molecule has 5 heteroatoms. The maximum atomic E-state index is 13.1. The van der Waals surface area contributed by atoms with Gasteiger partial charge in [0.1, 0.15) is 9.71 Å². The standard InChI is InChI=1S/C24H30N2OS2/c1-23(2,3)13-9-10-15-14(12-13)18(24(4,5)6)17-19(25)21(29-22(17)26-15)20(27)16-8-7-11-28-16/h7-8,11,13H,9-10,12,25H2,1-6H3/t13-/m0/s1. The van der Waals surface area contributed by atoms with Crippen molar-refractivity contribution in [2.75, 3.05) is 5.73 Å². The molecule has 1 aliphatic rings. The second kappa shape index (κ2) is 6.92. The molecule has 0 amide bonds. The van der Waals surface area contributed by atoms with E-state index in [1.165, 1.54) is 45.9 Å². The van der Waals surface area contributed by atoms with Gasteiger partial charge in [0.15, 0.2) is 0 Å². The number of nitrogens with zero attached hydrogens (tertiary/aromatic N) is 1. The van der Waals surface area contributed by atoms with Crippen molar-refractivity contribution in [1.82, 2.24) is 4.98 Å². The molecule has 0 bridgehead atoms. The van der Waals surface area contributed by atoms with Gasteiger partial charge in [-0.3, -0.25) is 4.79 Å². The van der Waals surface area contributed by atoms with Crippen LogP contribution < -0.4 is 5.73 Å². The molecule has 0 aromatic carbocycles. The van der Waals surface area contributed by atoms with Crippen LogP contribution in [0.3, 0.4) is 0 Å². The van der Waals surface area contributed by atoms with E-state index < -0.39 is 0 Å². The van der Waals surface area contributed by atoms with Crippen LogP contribution in [0.1, 0.15) is 79.3 Å². The van der Waals surface area contributed by atoms with Crippen molar-refractivity contribution < 1.29 is 4.79 Å². The molecule has 0 saturated heterocycles. The van der Waals surface area contributed by atoms with Crippen LogP contribution in [-0.4, -0.2) is 10.8 Å². The first-order chi connectivity index (χ1) is 13.5. The van der Waals surface area contributed by atoms with Gasteiger partial charge in [-0.15, -0.1) is 22.7 Å². The fourth-order valence-corrected chi connectivity index (χ4v) is 6.39. The lowest BCUT2D eigenvalue weighted by atomic mass is 9.68. The van der Waals surface area contributed by atoms with Gasteiger partial charge in [-0.05, 0) is 58.6 Å². The number of fused-ring (bicyclic) bond motifs is 2. The Morgan fingerprint density at radius 2 is 1.93 bits per heavy atom. The summed E-state index contributed by atoms with van der Waals surface area (Å²) in [6.07, 6.45) is 3.21. The van der Waals surface area contributed by atoms with Gasteiger partial charge in [0.05, 0.1) is 10.6 Å². The highest BCUT2D eigenvalue weighted by molar-refractivity contribution is 7.22. The van der Waals surface area contributed by atoms with Crippen molar-refractivity contribution in [2.45, 2.75) is 66.2 Å². The van der Waals surface area contributed by atoms with Crippen LogP contribution >= 0.6 is 22.7 Å². The summed E-state index contributed by atoms with van der Waals surface area (Å²) in [5, 5.41) is 2.94. The number of hydrogen-bond donors (Lipinski definition) is 1. The topological polar surface area (TPSA) is 56.0 Å². The zero-order valence-electron chi connectivity index (χ0n) is 18.2. The van der Waals surface area contributed by atoms with E-state index in [1.807, 2.05) is 17.5 Å². The molecule has 0 unspecified atom stereocenters. The minimum Gasteiger partial charge on any atom is -0.397 e. The van der Waals surface area contributed by atoms with Crippen LogP contribution in [0.15, 0.2) is 17.5 Å². The van der Waals surface area contributed by atoms with E-state index in [0.717, 1.165) is 27.9 Å². The van der Waals surface area contributed by atoms with Crippen LogP contribution in [0.2, 0.25) is 0 Å². The predicted octanol–water partition coefficient (Wildman–Crippen LogP) is 6.62. The number of pyridine rings is 1. The number of anilines is 1. The molecule has 3 aromatic rings. The Kier molecular flexibility index (Phi) is 4.90. The average Bonchev–Trinajstić information content (AvgIpc) is 3.26. The van der Waals surface area contributed by atoms with E-state index in [9.17, 15) is 4.79 Å². The van der Waals surface area contributed by atoms with Crippen molar-refractivity contribution in [2.24, 2.45) is 11.3 Å². The zero-order valence-corrected chi connectivity index (χ0v) is 19.8. The SMILES string of the molecule is CC(C)(C)c1c2c(nc3sc(C(=O)c4cccs4)c(N)c13)CC[C@H](C(C)(C)C)C2. The third kappa shape index (κ3) is 3.53. The summed E-state index contributed by atoms with van der Waals surface area (Å²) in [6, 6.07) is 3.78. The third-order valence-corrected chi connectivity index (χ3v) is 8.14. The number of aromatic nitrogens is 1. The highest BCUT2D eigenvalue weighted by Crippen LogP contribution is 2.47. The molecule has 0 saturated carbocycles. The van der Waals surface area contributed by atoms with Crippen LogP contribution in [0.5, 0.6) is 0 Å².